The first-order chi connectivity index (χ1) is 18.1. The Bertz CT molecular complexity index is 1260. The van der Waals surface area contributed by atoms with Crippen molar-refractivity contribution < 1.29 is 17.9 Å². The number of ether oxygens (including phenoxy) is 1. The highest BCUT2D eigenvalue weighted by molar-refractivity contribution is 7.80. The molecule has 1 fully saturated rings. The number of benzene rings is 2. The number of aryl methyl sites for hydroxylation is 2. The van der Waals surface area contributed by atoms with Crippen LogP contribution in [0.15, 0.2) is 65.7 Å². The first-order valence-corrected chi connectivity index (χ1v) is 12.4. The number of nitrogens with one attached hydrogen (secondary N) is 2. The highest BCUT2D eigenvalue weighted by atomic mass is 32.1. The fraction of sp³-hybridized carbons (Fsp3) is 0.308. The predicted octanol–water partition coefficient (Wildman–Crippen LogP) is 4.97. The number of hydrogen-bond donors (Lipinski definition) is 2. The van der Waals surface area contributed by atoms with Crippen LogP contribution in [0.4, 0.5) is 24.8 Å². The maximum Gasteiger partial charge on any atom is 0.573 e. The van der Waals surface area contributed by atoms with Gasteiger partial charge in [-0.15, -0.1) is 13.2 Å². The summed E-state index contributed by atoms with van der Waals surface area (Å²) < 4.78 is 41.8. The van der Waals surface area contributed by atoms with Crippen molar-refractivity contribution in [2.75, 3.05) is 36.8 Å². The summed E-state index contributed by atoms with van der Waals surface area (Å²) in [5.74, 6) is 0.483. The molecule has 0 spiro atoms. The molecule has 2 heterocycles. The SMILES string of the molecule is Cc1cc(C)nc(N/C(=N/C(=S)Nc2cccc(OC(F)(F)F)c2)N2CCN(Cc3ccccc3)CC2)n1. The van der Waals surface area contributed by atoms with E-state index in [1.54, 1.807) is 6.07 Å². The molecule has 0 amide bonds. The van der Waals surface area contributed by atoms with Gasteiger partial charge in [0.2, 0.25) is 17.0 Å². The van der Waals surface area contributed by atoms with Crippen LogP contribution in [0.3, 0.4) is 0 Å². The first-order valence-electron chi connectivity index (χ1n) is 12.0. The molecule has 12 heteroatoms. The molecule has 0 radical (unpaired) electrons. The summed E-state index contributed by atoms with van der Waals surface area (Å²) in [6, 6.07) is 17.6. The highest BCUT2D eigenvalue weighted by Crippen LogP contribution is 2.25. The fourth-order valence-electron chi connectivity index (χ4n) is 4.04. The second-order valence-electron chi connectivity index (χ2n) is 8.79. The summed E-state index contributed by atoms with van der Waals surface area (Å²) in [7, 11) is 0. The minimum atomic E-state index is -4.79. The lowest BCUT2D eigenvalue weighted by Crippen LogP contribution is -2.50. The summed E-state index contributed by atoms with van der Waals surface area (Å²) in [5.41, 5.74) is 3.16. The molecule has 0 saturated carbocycles. The smallest absolute Gasteiger partial charge is 0.406 e. The minimum absolute atomic E-state index is 0.0627. The van der Waals surface area contributed by atoms with E-state index in [1.165, 1.54) is 23.8 Å². The quantitative estimate of drug-likeness (QED) is 0.265. The van der Waals surface area contributed by atoms with Crippen molar-refractivity contribution in [2.24, 2.45) is 4.99 Å². The van der Waals surface area contributed by atoms with Gasteiger partial charge in [-0.05, 0) is 49.8 Å². The number of thiocarbonyl (C=S) groups is 1. The number of rotatable bonds is 5. The summed E-state index contributed by atoms with van der Waals surface area (Å²) in [6.07, 6.45) is -4.79. The lowest BCUT2D eigenvalue weighted by atomic mass is 10.2. The standard InChI is InChI=1S/C26H28F3N7OS/c1-18-15-19(2)31-23(30-18)33-24(36-13-11-35(12-14-36)17-20-7-4-3-5-8-20)34-25(38)32-21-9-6-10-22(16-21)37-26(27,28)29/h3-10,15-16H,11-14,17H2,1-2H3,(H2,30,31,32,33,34,38). The van der Waals surface area contributed by atoms with Crippen LogP contribution < -0.4 is 15.4 Å². The first kappa shape index (κ1) is 27.3. The van der Waals surface area contributed by atoms with Gasteiger partial charge in [0.05, 0.1) is 0 Å². The Morgan fingerprint density at radius 3 is 2.29 bits per heavy atom. The molecular formula is C26H28F3N7OS. The number of nitrogens with zero attached hydrogens (tertiary/aromatic N) is 5. The van der Waals surface area contributed by atoms with Gasteiger partial charge in [-0.2, -0.15) is 4.99 Å². The van der Waals surface area contributed by atoms with Crippen LogP contribution >= 0.6 is 12.2 Å². The van der Waals surface area contributed by atoms with Crippen LogP contribution in [0.25, 0.3) is 0 Å². The fourth-order valence-corrected chi connectivity index (χ4v) is 4.24. The van der Waals surface area contributed by atoms with Crippen molar-refractivity contribution in [1.82, 2.24) is 19.8 Å². The lowest BCUT2D eigenvalue weighted by molar-refractivity contribution is -0.274. The molecule has 2 aromatic carbocycles. The van der Waals surface area contributed by atoms with E-state index >= 15 is 0 Å². The molecule has 200 valence electrons. The number of guanidine groups is 1. The molecule has 2 N–H and O–H groups in total. The number of alkyl halides is 3. The molecule has 0 unspecified atom stereocenters. The van der Waals surface area contributed by atoms with Crippen LogP contribution in [0.2, 0.25) is 0 Å². The van der Waals surface area contributed by atoms with Crippen LogP contribution in [0.5, 0.6) is 5.75 Å². The van der Waals surface area contributed by atoms with Gasteiger partial charge in [0.15, 0.2) is 0 Å². The molecule has 8 nitrogen and oxygen atoms in total. The summed E-state index contributed by atoms with van der Waals surface area (Å²) in [4.78, 5) is 17.9. The van der Waals surface area contributed by atoms with Gasteiger partial charge in [0, 0.05) is 55.9 Å². The van der Waals surface area contributed by atoms with Crippen molar-refractivity contribution in [3.05, 3.63) is 77.6 Å². The summed E-state index contributed by atoms with van der Waals surface area (Å²) >= 11 is 5.43. The maximum absolute atomic E-state index is 12.6. The van der Waals surface area contributed by atoms with Gasteiger partial charge in [0.1, 0.15) is 5.75 Å². The van der Waals surface area contributed by atoms with Gasteiger partial charge in [0.25, 0.3) is 0 Å². The Labute approximate surface area is 224 Å². The second-order valence-corrected chi connectivity index (χ2v) is 9.18. The van der Waals surface area contributed by atoms with Gasteiger partial charge < -0.3 is 15.0 Å². The van der Waals surface area contributed by atoms with Crippen molar-refractivity contribution in [3.8, 4) is 5.75 Å². The molecule has 3 aromatic rings. The summed E-state index contributed by atoms with van der Waals surface area (Å²) in [6.45, 7) is 7.58. The van der Waals surface area contributed by atoms with E-state index in [1.807, 2.05) is 38.1 Å². The second kappa shape index (κ2) is 12.2. The monoisotopic (exact) mass is 543 g/mol. The zero-order chi connectivity index (χ0) is 27.1. The Hall–Kier alpha value is -3.77. The zero-order valence-electron chi connectivity index (χ0n) is 21.0. The van der Waals surface area contributed by atoms with E-state index in [9.17, 15) is 13.2 Å². The number of aromatic nitrogens is 2. The maximum atomic E-state index is 12.6. The normalized spacial score (nSPS) is 14.8. The average molecular weight is 544 g/mol. The van der Waals surface area contributed by atoms with Crippen molar-refractivity contribution in [2.45, 2.75) is 26.8 Å². The molecule has 1 aliphatic rings. The topological polar surface area (TPSA) is 77.9 Å². The Kier molecular flexibility index (Phi) is 8.74. The van der Waals surface area contributed by atoms with Crippen LogP contribution in [0.1, 0.15) is 17.0 Å². The molecule has 1 aliphatic heterocycles. The Morgan fingerprint density at radius 1 is 0.947 bits per heavy atom. The molecule has 0 bridgehead atoms. The third-order valence-electron chi connectivity index (χ3n) is 5.65. The number of anilines is 2. The van der Waals surface area contributed by atoms with Crippen LogP contribution in [-0.4, -0.2) is 63.4 Å². The van der Waals surface area contributed by atoms with Gasteiger partial charge in [-0.3, -0.25) is 10.2 Å². The Balaban J connectivity index is 1.49. The van der Waals surface area contributed by atoms with Crippen LogP contribution in [0, 0.1) is 13.8 Å². The number of piperazine rings is 1. The largest absolute Gasteiger partial charge is 0.573 e. The molecule has 0 aliphatic carbocycles. The molecule has 0 atom stereocenters. The molecule has 38 heavy (non-hydrogen) atoms. The van der Waals surface area contributed by atoms with Crippen LogP contribution in [-0.2, 0) is 6.54 Å². The molecule has 1 aromatic heterocycles. The number of hydrogen-bond acceptors (Lipinski definition) is 5. The highest BCUT2D eigenvalue weighted by Gasteiger charge is 2.31. The summed E-state index contributed by atoms with van der Waals surface area (Å²) in [5, 5.41) is 6.12. The van der Waals surface area contributed by atoms with Gasteiger partial charge >= 0.3 is 6.36 Å². The number of aliphatic imine (C=N–C) groups is 1. The number of halogens is 3. The lowest BCUT2D eigenvalue weighted by Gasteiger charge is -2.36. The third-order valence-corrected chi connectivity index (χ3v) is 5.85. The minimum Gasteiger partial charge on any atom is -0.406 e. The molecular weight excluding hydrogens is 515 g/mol. The van der Waals surface area contributed by atoms with Gasteiger partial charge in [-0.25, -0.2) is 9.97 Å². The third kappa shape index (κ3) is 8.38. The van der Waals surface area contributed by atoms with Gasteiger partial charge in [-0.1, -0.05) is 36.4 Å². The van der Waals surface area contributed by atoms with E-state index in [0.29, 0.717) is 30.7 Å². The van der Waals surface area contributed by atoms with E-state index in [0.717, 1.165) is 31.0 Å². The van der Waals surface area contributed by atoms with E-state index in [-0.39, 0.29) is 10.9 Å². The van der Waals surface area contributed by atoms with Crippen molar-refractivity contribution in [3.63, 3.8) is 0 Å². The molecule has 4 rings (SSSR count). The van der Waals surface area contributed by atoms with Crippen molar-refractivity contribution >= 4 is 34.9 Å². The zero-order valence-corrected chi connectivity index (χ0v) is 21.8. The van der Waals surface area contributed by atoms with Crippen molar-refractivity contribution in [1.29, 1.82) is 0 Å². The predicted molar refractivity (Wildman–Crippen MR) is 145 cm³/mol. The van der Waals surface area contributed by atoms with E-state index in [4.69, 9.17) is 12.2 Å². The molecule has 1 saturated heterocycles. The van der Waals surface area contributed by atoms with E-state index < -0.39 is 6.36 Å². The average Bonchev–Trinajstić information content (AvgIpc) is 2.83. The van der Waals surface area contributed by atoms with E-state index in [2.05, 4.69) is 52.3 Å². The Morgan fingerprint density at radius 2 is 1.63 bits per heavy atom.